The molecule has 2 aromatic rings. The first-order chi connectivity index (χ1) is 10.9. The van der Waals surface area contributed by atoms with Gasteiger partial charge in [0.1, 0.15) is 0 Å². The van der Waals surface area contributed by atoms with Crippen LogP contribution in [0.3, 0.4) is 0 Å². The molecular formula is C17H18ClN3O2. The van der Waals surface area contributed by atoms with E-state index < -0.39 is 0 Å². The molecule has 2 amide bonds. The van der Waals surface area contributed by atoms with Gasteiger partial charge in [-0.2, -0.15) is 0 Å². The van der Waals surface area contributed by atoms with Crippen LogP contribution in [0.4, 0.5) is 17.1 Å². The number of halogens is 1. The van der Waals surface area contributed by atoms with E-state index in [2.05, 4.69) is 10.6 Å². The van der Waals surface area contributed by atoms with Gasteiger partial charge in [0.05, 0.1) is 10.7 Å². The van der Waals surface area contributed by atoms with Crippen molar-refractivity contribution in [2.75, 3.05) is 29.6 Å². The molecule has 2 aromatic carbocycles. The Hall–Kier alpha value is -2.53. The van der Waals surface area contributed by atoms with Gasteiger partial charge in [0, 0.05) is 38.0 Å². The second-order valence-corrected chi connectivity index (χ2v) is 5.68. The van der Waals surface area contributed by atoms with Gasteiger partial charge in [-0.1, -0.05) is 17.7 Å². The number of nitrogens with one attached hydrogen (secondary N) is 2. The van der Waals surface area contributed by atoms with E-state index in [1.807, 2.05) is 31.1 Å². The number of rotatable bonds is 4. The Bertz CT molecular complexity index is 744. The van der Waals surface area contributed by atoms with Crippen LogP contribution in [0, 0.1) is 0 Å². The number of carbonyl (C=O) groups is 2. The smallest absolute Gasteiger partial charge is 0.255 e. The molecule has 120 valence electrons. The minimum atomic E-state index is -0.232. The van der Waals surface area contributed by atoms with E-state index in [-0.39, 0.29) is 11.8 Å². The van der Waals surface area contributed by atoms with Gasteiger partial charge < -0.3 is 15.5 Å². The summed E-state index contributed by atoms with van der Waals surface area (Å²) >= 11 is 6.02. The molecule has 0 bridgehead atoms. The Kier molecular flexibility index (Phi) is 5.24. The van der Waals surface area contributed by atoms with Gasteiger partial charge in [0.2, 0.25) is 5.91 Å². The quantitative estimate of drug-likeness (QED) is 0.899. The summed E-state index contributed by atoms with van der Waals surface area (Å²) in [6.07, 6.45) is 0. The summed E-state index contributed by atoms with van der Waals surface area (Å²) in [5.74, 6) is -0.459. The van der Waals surface area contributed by atoms with Crippen molar-refractivity contribution in [1.29, 1.82) is 0 Å². The van der Waals surface area contributed by atoms with Crippen LogP contribution in [-0.2, 0) is 4.79 Å². The molecular weight excluding hydrogens is 314 g/mol. The first kappa shape index (κ1) is 16.8. The summed E-state index contributed by atoms with van der Waals surface area (Å²) < 4.78 is 0. The molecule has 0 radical (unpaired) electrons. The zero-order valence-corrected chi connectivity index (χ0v) is 13.9. The number of hydrogen-bond donors (Lipinski definition) is 2. The molecule has 0 spiro atoms. The topological polar surface area (TPSA) is 61.4 Å². The van der Waals surface area contributed by atoms with Gasteiger partial charge in [0.25, 0.3) is 5.91 Å². The SMILES string of the molecule is CC(=O)Nc1cc(NC(=O)c2cccc(N(C)C)c2)ccc1Cl. The van der Waals surface area contributed by atoms with Gasteiger partial charge in [-0.25, -0.2) is 0 Å². The van der Waals surface area contributed by atoms with Crippen molar-refractivity contribution in [3.8, 4) is 0 Å². The molecule has 5 nitrogen and oxygen atoms in total. The van der Waals surface area contributed by atoms with E-state index in [0.29, 0.717) is 22.0 Å². The first-order valence-corrected chi connectivity index (χ1v) is 7.40. The molecule has 0 unspecified atom stereocenters. The molecule has 2 N–H and O–H groups in total. The van der Waals surface area contributed by atoms with Gasteiger partial charge in [0.15, 0.2) is 0 Å². The summed E-state index contributed by atoms with van der Waals surface area (Å²) in [6, 6.07) is 12.2. The number of nitrogens with zero attached hydrogens (tertiary/aromatic N) is 1. The molecule has 0 heterocycles. The number of amides is 2. The van der Waals surface area contributed by atoms with Crippen LogP contribution in [-0.4, -0.2) is 25.9 Å². The predicted molar refractivity (Wildman–Crippen MR) is 94.5 cm³/mol. The molecule has 0 fully saturated rings. The lowest BCUT2D eigenvalue weighted by atomic mass is 10.1. The van der Waals surface area contributed by atoms with Crippen LogP contribution in [0.5, 0.6) is 0 Å². The monoisotopic (exact) mass is 331 g/mol. The Morgan fingerprint density at radius 1 is 1.04 bits per heavy atom. The third-order valence-electron chi connectivity index (χ3n) is 3.16. The van der Waals surface area contributed by atoms with Gasteiger partial charge in [-0.05, 0) is 36.4 Å². The molecule has 0 aromatic heterocycles. The fourth-order valence-corrected chi connectivity index (χ4v) is 2.18. The third-order valence-corrected chi connectivity index (χ3v) is 3.49. The Balaban J connectivity index is 2.20. The molecule has 0 saturated heterocycles. The average Bonchev–Trinajstić information content (AvgIpc) is 2.50. The van der Waals surface area contributed by atoms with E-state index in [1.165, 1.54) is 6.92 Å². The van der Waals surface area contributed by atoms with Crippen molar-refractivity contribution in [2.24, 2.45) is 0 Å². The standard InChI is InChI=1S/C17H18ClN3O2/c1-11(22)19-16-10-13(7-8-15(16)18)20-17(23)12-5-4-6-14(9-12)21(2)3/h4-10H,1-3H3,(H,19,22)(H,20,23). The van der Waals surface area contributed by atoms with E-state index in [4.69, 9.17) is 11.6 Å². The summed E-state index contributed by atoms with van der Waals surface area (Å²) in [6.45, 7) is 1.40. The average molecular weight is 332 g/mol. The van der Waals surface area contributed by atoms with E-state index in [1.54, 1.807) is 30.3 Å². The van der Waals surface area contributed by atoms with Crippen molar-refractivity contribution in [3.05, 3.63) is 53.1 Å². The second-order valence-electron chi connectivity index (χ2n) is 5.27. The van der Waals surface area contributed by atoms with Gasteiger partial charge in [-0.15, -0.1) is 0 Å². The van der Waals surface area contributed by atoms with Crippen molar-refractivity contribution in [3.63, 3.8) is 0 Å². The molecule has 0 aliphatic carbocycles. The predicted octanol–water partition coefficient (Wildman–Crippen LogP) is 3.62. The molecule has 23 heavy (non-hydrogen) atoms. The van der Waals surface area contributed by atoms with Crippen molar-refractivity contribution < 1.29 is 9.59 Å². The number of benzene rings is 2. The Labute approximate surface area is 140 Å². The highest BCUT2D eigenvalue weighted by atomic mass is 35.5. The maximum Gasteiger partial charge on any atom is 0.255 e. The lowest BCUT2D eigenvalue weighted by molar-refractivity contribution is -0.114. The van der Waals surface area contributed by atoms with Crippen molar-refractivity contribution in [1.82, 2.24) is 0 Å². The maximum atomic E-state index is 12.4. The number of carbonyl (C=O) groups excluding carboxylic acids is 2. The minimum absolute atomic E-state index is 0.228. The molecule has 0 aliphatic heterocycles. The molecule has 2 rings (SSSR count). The van der Waals surface area contributed by atoms with Crippen molar-refractivity contribution >= 4 is 40.5 Å². The minimum Gasteiger partial charge on any atom is -0.378 e. The van der Waals surface area contributed by atoms with Gasteiger partial charge >= 0.3 is 0 Å². The summed E-state index contributed by atoms with van der Waals surface area (Å²) in [7, 11) is 3.83. The van der Waals surface area contributed by atoms with Crippen LogP contribution in [0.1, 0.15) is 17.3 Å². The lowest BCUT2D eigenvalue weighted by Crippen LogP contribution is -2.14. The normalized spacial score (nSPS) is 10.1. The Morgan fingerprint density at radius 2 is 1.78 bits per heavy atom. The second kappa shape index (κ2) is 7.15. The summed E-state index contributed by atoms with van der Waals surface area (Å²) in [5.41, 5.74) is 2.50. The fraction of sp³-hybridized carbons (Fsp3) is 0.176. The molecule has 0 atom stereocenters. The largest absolute Gasteiger partial charge is 0.378 e. The van der Waals surface area contributed by atoms with Crippen LogP contribution in [0.2, 0.25) is 5.02 Å². The van der Waals surface area contributed by atoms with E-state index in [9.17, 15) is 9.59 Å². The summed E-state index contributed by atoms with van der Waals surface area (Å²) in [4.78, 5) is 25.4. The highest BCUT2D eigenvalue weighted by Gasteiger charge is 2.09. The third kappa shape index (κ3) is 4.47. The first-order valence-electron chi connectivity index (χ1n) is 7.02. The van der Waals surface area contributed by atoms with Gasteiger partial charge in [-0.3, -0.25) is 9.59 Å². The highest BCUT2D eigenvalue weighted by molar-refractivity contribution is 6.33. The summed E-state index contributed by atoms with van der Waals surface area (Å²) in [5, 5.41) is 5.83. The lowest BCUT2D eigenvalue weighted by Gasteiger charge is -2.14. The van der Waals surface area contributed by atoms with Crippen LogP contribution in [0.25, 0.3) is 0 Å². The van der Waals surface area contributed by atoms with E-state index in [0.717, 1.165) is 5.69 Å². The fourth-order valence-electron chi connectivity index (χ4n) is 2.02. The van der Waals surface area contributed by atoms with Crippen LogP contribution < -0.4 is 15.5 Å². The van der Waals surface area contributed by atoms with E-state index >= 15 is 0 Å². The van der Waals surface area contributed by atoms with Crippen LogP contribution >= 0.6 is 11.6 Å². The maximum absolute atomic E-state index is 12.4. The zero-order chi connectivity index (χ0) is 17.0. The Morgan fingerprint density at radius 3 is 2.43 bits per heavy atom. The molecule has 0 aliphatic rings. The molecule has 0 saturated carbocycles. The van der Waals surface area contributed by atoms with Crippen molar-refractivity contribution in [2.45, 2.75) is 6.92 Å². The zero-order valence-electron chi connectivity index (χ0n) is 13.2. The van der Waals surface area contributed by atoms with Crippen LogP contribution in [0.15, 0.2) is 42.5 Å². The highest BCUT2D eigenvalue weighted by Crippen LogP contribution is 2.26. The molecule has 6 heteroatoms. The number of hydrogen-bond acceptors (Lipinski definition) is 3. The number of anilines is 3.